The average Bonchev–Trinajstić information content (AvgIpc) is 2.86. The summed E-state index contributed by atoms with van der Waals surface area (Å²) in [6.45, 7) is 4.27. The topological polar surface area (TPSA) is 21.3 Å². The molecule has 0 radical (unpaired) electrons. The Morgan fingerprint density at radius 2 is 2.11 bits per heavy atom. The molecular weight excluding hydrogens is 269 g/mol. The molecule has 1 heterocycles. The van der Waals surface area contributed by atoms with Gasteiger partial charge < -0.3 is 10.1 Å². The van der Waals surface area contributed by atoms with E-state index in [1.165, 1.54) is 0 Å². The molecule has 0 bridgehead atoms. The fourth-order valence-electron chi connectivity index (χ4n) is 2.42. The third-order valence-corrected chi connectivity index (χ3v) is 3.98. The van der Waals surface area contributed by atoms with Gasteiger partial charge in [0.25, 0.3) is 0 Å². The molecule has 1 saturated heterocycles. The van der Waals surface area contributed by atoms with E-state index in [-0.39, 0.29) is 6.10 Å². The maximum atomic E-state index is 6.16. The van der Waals surface area contributed by atoms with Crippen molar-refractivity contribution in [3.05, 3.63) is 28.2 Å². The molecule has 1 N–H and O–H groups in total. The Hall–Kier alpha value is -0.440. The quantitative estimate of drug-likeness (QED) is 0.878. The molecule has 2 atom stereocenters. The Morgan fingerprint density at radius 3 is 2.67 bits per heavy atom. The highest BCUT2D eigenvalue weighted by Crippen LogP contribution is 2.35. The van der Waals surface area contributed by atoms with E-state index < -0.39 is 0 Å². The van der Waals surface area contributed by atoms with Crippen molar-refractivity contribution in [1.29, 1.82) is 0 Å². The first-order valence-electron chi connectivity index (χ1n) is 6.53. The van der Waals surface area contributed by atoms with Gasteiger partial charge in [-0.1, -0.05) is 42.6 Å². The minimum atomic E-state index is 0.197. The van der Waals surface area contributed by atoms with Gasteiger partial charge in [0, 0.05) is 12.5 Å². The van der Waals surface area contributed by atoms with Crippen LogP contribution in [0.15, 0.2) is 18.2 Å². The molecule has 18 heavy (non-hydrogen) atoms. The molecule has 0 unspecified atom stereocenters. The summed E-state index contributed by atoms with van der Waals surface area (Å²) < 4.78 is 6.10. The third kappa shape index (κ3) is 3.31. The zero-order valence-electron chi connectivity index (χ0n) is 10.6. The van der Waals surface area contributed by atoms with E-state index in [9.17, 15) is 0 Å². The fraction of sp³-hybridized carbons (Fsp3) is 0.571. The van der Waals surface area contributed by atoms with Crippen LogP contribution in [0.5, 0.6) is 5.75 Å². The molecule has 0 saturated carbocycles. The smallest absolute Gasteiger partial charge is 0.156 e. The Kier molecular flexibility index (Phi) is 5.16. The normalized spacial score (nSPS) is 20.9. The van der Waals surface area contributed by atoms with Crippen molar-refractivity contribution >= 4 is 23.2 Å². The van der Waals surface area contributed by atoms with Gasteiger partial charge in [-0.15, -0.1) is 0 Å². The first-order chi connectivity index (χ1) is 8.72. The largest absolute Gasteiger partial charge is 0.487 e. The molecule has 1 aliphatic heterocycles. The van der Waals surface area contributed by atoms with Crippen LogP contribution in [0, 0.1) is 5.92 Å². The lowest BCUT2D eigenvalue weighted by atomic mass is 9.97. The lowest BCUT2D eigenvalue weighted by Gasteiger charge is -2.25. The van der Waals surface area contributed by atoms with E-state index in [0.717, 1.165) is 32.4 Å². The summed E-state index contributed by atoms with van der Waals surface area (Å²) in [5.41, 5.74) is 0. The Balaban J connectivity index is 2.12. The van der Waals surface area contributed by atoms with Gasteiger partial charge in [-0.05, 0) is 31.5 Å². The van der Waals surface area contributed by atoms with Crippen molar-refractivity contribution in [2.24, 2.45) is 5.92 Å². The zero-order chi connectivity index (χ0) is 13.0. The van der Waals surface area contributed by atoms with Gasteiger partial charge in [0.2, 0.25) is 0 Å². The van der Waals surface area contributed by atoms with E-state index in [0.29, 0.717) is 21.7 Å². The number of halogens is 2. The Morgan fingerprint density at radius 1 is 1.39 bits per heavy atom. The summed E-state index contributed by atoms with van der Waals surface area (Å²) in [5, 5.41) is 4.56. The van der Waals surface area contributed by atoms with Crippen molar-refractivity contribution in [2.75, 3.05) is 13.1 Å². The van der Waals surface area contributed by atoms with Crippen molar-refractivity contribution in [3.8, 4) is 5.75 Å². The summed E-state index contributed by atoms with van der Waals surface area (Å²) >= 11 is 12.3. The first-order valence-corrected chi connectivity index (χ1v) is 7.29. The molecule has 1 aromatic carbocycles. The van der Waals surface area contributed by atoms with Crippen LogP contribution in [0.3, 0.4) is 0 Å². The minimum Gasteiger partial charge on any atom is -0.487 e. The molecule has 0 amide bonds. The maximum absolute atomic E-state index is 6.16. The molecule has 4 heteroatoms. The van der Waals surface area contributed by atoms with Crippen LogP contribution in [-0.4, -0.2) is 19.2 Å². The first kappa shape index (κ1) is 14.0. The number of benzene rings is 1. The standard InChI is InChI=1S/C14H19Cl2NO/c1-2-4-13(10-7-8-17-9-10)18-14-11(15)5-3-6-12(14)16/h3,5-6,10,13,17H,2,4,7-9H2,1H3/t10-,13-/m0/s1. The highest BCUT2D eigenvalue weighted by molar-refractivity contribution is 6.37. The monoisotopic (exact) mass is 287 g/mol. The third-order valence-electron chi connectivity index (χ3n) is 3.39. The van der Waals surface area contributed by atoms with E-state index in [4.69, 9.17) is 27.9 Å². The van der Waals surface area contributed by atoms with Crippen LogP contribution in [0.2, 0.25) is 10.0 Å². The highest BCUT2D eigenvalue weighted by atomic mass is 35.5. The van der Waals surface area contributed by atoms with Gasteiger partial charge in [-0.25, -0.2) is 0 Å². The number of rotatable bonds is 5. The second kappa shape index (κ2) is 6.65. The number of nitrogens with one attached hydrogen (secondary N) is 1. The number of hydrogen-bond donors (Lipinski definition) is 1. The van der Waals surface area contributed by atoms with Gasteiger partial charge in [0.1, 0.15) is 6.10 Å². The molecule has 0 aliphatic carbocycles. The number of ether oxygens (including phenoxy) is 1. The van der Waals surface area contributed by atoms with Crippen LogP contribution in [0.1, 0.15) is 26.2 Å². The van der Waals surface area contributed by atoms with Crippen LogP contribution >= 0.6 is 23.2 Å². The van der Waals surface area contributed by atoms with Crippen molar-refractivity contribution in [2.45, 2.75) is 32.3 Å². The average molecular weight is 288 g/mol. The molecule has 100 valence electrons. The van der Waals surface area contributed by atoms with E-state index in [1.54, 1.807) is 0 Å². The van der Waals surface area contributed by atoms with E-state index >= 15 is 0 Å². The van der Waals surface area contributed by atoms with Gasteiger partial charge in [-0.3, -0.25) is 0 Å². The zero-order valence-corrected chi connectivity index (χ0v) is 12.1. The second-order valence-electron chi connectivity index (χ2n) is 4.75. The molecule has 1 aromatic rings. The van der Waals surface area contributed by atoms with Crippen LogP contribution in [0.4, 0.5) is 0 Å². The van der Waals surface area contributed by atoms with Gasteiger partial charge in [-0.2, -0.15) is 0 Å². The molecule has 0 aromatic heterocycles. The summed E-state index contributed by atoms with van der Waals surface area (Å²) in [7, 11) is 0. The van der Waals surface area contributed by atoms with Gasteiger partial charge >= 0.3 is 0 Å². The van der Waals surface area contributed by atoms with Crippen LogP contribution in [-0.2, 0) is 0 Å². The van der Waals surface area contributed by atoms with E-state index in [2.05, 4.69) is 12.2 Å². The molecule has 2 rings (SSSR count). The van der Waals surface area contributed by atoms with E-state index in [1.807, 2.05) is 18.2 Å². The second-order valence-corrected chi connectivity index (χ2v) is 5.56. The predicted molar refractivity (Wildman–Crippen MR) is 76.8 cm³/mol. The molecule has 0 spiro atoms. The fourth-order valence-corrected chi connectivity index (χ4v) is 2.90. The number of para-hydroxylation sites is 1. The summed E-state index contributed by atoms with van der Waals surface area (Å²) in [6, 6.07) is 5.47. The lowest BCUT2D eigenvalue weighted by Crippen LogP contribution is -2.28. The molecule has 1 fully saturated rings. The molecule has 2 nitrogen and oxygen atoms in total. The van der Waals surface area contributed by atoms with Crippen molar-refractivity contribution in [1.82, 2.24) is 5.32 Å². The predicted octanol–water partition coefficient (Wildman–Crippen LogP) is 4.15. The maximum Gasteiger partial charge on any atom is 0.156 e. The number of hydrogen-bond acceptors (Lipinski definition) is 2. The Bertz CT molecular complexity index is 371. The summed E-state index contributed by atoms with van der Waals surface area (Å²) in [5.74, 6) is 1.18. The Labute approximate surface area is 119 Å². The minimum absolute atomic E-state index is 0.197. The van der Waals surface area contributed by atoms with Gasteiger partial charge in [0.05, 0.1) is 10.0 Å². The molecular formula is C14H19Cl2NO. The highest BCUT2D eigenvalue weighted by Gasteiger charge is 2.26. The summed E-state index contributed by atoms with van der Waals surface area (Å²) in [4.78, 5) is 0. The van der Waals surface area contributed by atoms with Gasteiger partial charge in [0.15, 0.2) is 5.75 Å². The molecule has 1 aliphatic rings. The lowest BCUT2D eigenvalue weighted by molar-refractivity contribution is 0.132. The van der Waals surface area contributed by atoms with Crippen molar-refractivity contribution in [3.63, 3.8) is 0 Å². The SMILES string of the molecule is CCC[C@H](Oc1c(Cl)cccc1Cl)[C@H]1CCNC1. The van der Waals surface area contributed by atoms with Crippen LogP contribution < -0.4 is 10.1 Å². The van der Waals surface area contributed by atoms with Crippen molar-refractivity contribution < 1.29 is 4.74 Å². The van der Waals surface area contributed by atoms with Crippen LogP contribution in [0.25, 0.3) is 0 Å². The summed E-state index contributed by atoms with van der Waals surface area (Å²) in [6.07, 6.45) is 3.49.